The molecule has 5 rings (SSSR count). The van der Waals surface area contributed by atoms with Gasteiger partial charge in [0.25, 0.3) is 11.6 Å². The molecule has 0 saturated carbocycles. The van der Waals surface area contributed by atoms with E-state index in [-0.39, 0.29) is 30.4 Å². The lowest BCUT2D eigenvalue weighted by Gasteiger charge is -2.56. The van der Waals surface area contributed by atoms with Crippen molar-refractivity contribution in [3.05, 3.63) is 105 Å². The average molecular weight is 593 g/mol. The zero-order valence-electron chi connectivity index (χ0n) is 22.4. The van der Waals surface area contributed by atoms with E-state index in [0.717, 1.165) is 16.0 Å². The van der Waals surface area contributed by atoms with Crippen molar-refractivity contribution < 1.29 is 33.4 Å². The summed E-state index contributed by atoms with van der Waals surface area (Å²) in [4.78, 5) is 54.3. The third kappa shape index (κ3) is 5.79. The highest BCUT2D eigenvalue weighted by atomic mass is 32.2. The zero-order valence-corrected chi connectivity index (χ0v) is 24.0. The molecule has 2 atom stereocenters. The predicted molar refractivity (Wildman–Crippen MR) is 153 cm³/mol. The molecular formula is C30H28N2O7S2. The number of thiophene rings is 1. The summed E-state index contributed by atoms with van der Waals surface area (Å²) < 4.78 is 16.9. The summed E-state index contributed by atoms with van der Waals surface area (Å²) in [6.45, 7) is 1.08. The Bertz CT molecular complexity index is 1420. The van der Waals surface area contributed by atoms with Crippen molar-refractivity contribution >= 4 is 46.9 Å². The number of methoxy groups -OCH3 is 1. The molecule has 212 valence electrons. The van der Waals surface area contributed by atoms with Crippen molar-refractivity contribution in [2.45, 2.75) is 30.5 Å². The molecule has 1 saturated heterocycles. The van der Waals surface area contributed by atoms with Crippen LogP contribution in [0.15, 0.2) is 89.4 Å². The molecule has 0 bridgehead atoms. The molecule has 41 heavy (non-hydrogen) atoms. The topological polar surface area (TPSA) is 111 Å². The zero-order chi connectivity index (χ0) is 29.0. The summed E-state index contributed by atoms with van der Waals surface area (Å²) in [6.07, 6.45) is -0.666. The normalized spacial score (nSPS) is 19.8. The molecule has 2 aliphatic rings. The highest BCUT2D eigenvalue weighted by Gasteiger charge is 2.66. The van der Waals surface area contributed by atoms with Gasteiger partial charge in [-0.1, -0.05) is 66.7 Å². The van der Waals surface area contributed by atoms with E-state index in [0.29, 0.717) is 5.57 Å². The van der Waals surface area contributed by atoms with Crippen molar-refractivity contribution in [1.29, 1.82) is 0 Å². The summed E-state index contributed by atoms with van der Waals surface area (Å²) in [5.74, 6) is -2.02. The molecule has 3 aromatic rings. The van der Waals surface area contributed by atoms with Crippen molar-refractivity contribution in [3.8, 4) is 0 Å². The van der Waals surface area contributed by atoms with Crippen molar-refractivity contribution in [1.82, 2.24) is 10.2 Å². The number of β-lactam (4-membered cyclic amide) rings is 1. The van der Waals surface area contributed by atoms with Crippen LogP contribution in [0.4, 0.5) is 0 Å². The largest absolute Gasteiger partial charge is 0.461 e. The second-order valence-electron chi connectivity index (χ2n) is 9.42. The van der Waals surface area contributed by atoms with Gasteiger partial charge in [-0.05, 0) is 22.6 Å². The second kappa shape index (κ2) is 12.3. The van der Waals surface area contributed by atoms with Crippen LogP contribution >= 0.6 is 23.1 Å². The van der Waals surface area contributed by atoms with E-state index in [1.165, 1.54) is 42.0 Å². The summed E-state index contributed by atoms with van der Waals surface area (Å²) in [7, 11) is 1.35. The third-order valence-electron chi connectivity index (χ3n) is 6.74. The molecule has 1 fully saturated rings. The first kappa shape index (κ1) is 28.6. The number of fused-ring (bicyclic) bond motifs is 1. The Morgan fingerprint density at radius 1 is 1.02 bits per heavy atom. The van der Waals surface area contributed by atoms with Gasteiger partial charge >= 0.3 is 11.9 Å². The van der Waals surface area contributed by atoms with Crippen LogP contribution < -0.4 is 5.32 Å². The molecule has 9 nitrogen and oxygen atoms in total. The maximum absolute atomic E-state index is 13.9. The number of carbonyl (C=O) groups excluding carboxylic acids is 4. The Morgan fingerprint density at radius 3 is 2.24 bits per heavy atom. The Labute approximate surface area is 245 Å². The maximum atomic E-state index is 13.9. The first-order valence-corrected chi connectivity index (χ1v) is 14.8. The molecule has 2 aromatic carbocycles. The van der Waals surface area contributed by atoms with Crippen molar-refractivity contribution in [2.75, 3.05) is 19.5 Å². The number of carbonyl (C=O) groups is 4. The molecule has 11 heteroatoms. The van der Waals surface area contributed by atoms with E-state index >= 15 is 0 Å². The first-order valence-electron chi connectivity index (χ1n) is 12.8. The van der Waals surface area contributed by atoms with Gasteiger partial charge < -0.3 is 19.5 Å². The van der Waals surface area contributed by atoms with E-state index in [1.807, 2.05) is 78.2 Å². The van der Waals surface area contributed by atoms with Crippen molar-refractivity contribution in [3.63, 3.8) is 0 Å². The van der Waals surface area contributed by atoms with Gasteiger partial charge in [-0.15, -0.1) is 23.1 Å². The van der Waals surface area contributed by atoms with E-state index in [2.05, 4.69) is 5.32 Å². The van der Waals surface area contributed by atoms with E-state index in [9.17, 15) is 19.2 Å². The Hall–Kier alpha value is -3.93. The molecular weight excluding hydrogens is 564 g/mol. The minimum absolute atomic E-state index is 0.0166. The Balaban J connectivity index is 1.45. The number of thioether (sulfide) groups is 1. The lowest BCUT2D eigenvalue weighted by Crippen LogP contribution is -2.80. The molecule has 1 N–H and O–H groups in total. The summed E-state index contributed by atoms with van der Waals surface area (Å²) in [6, 6.07) is 22.2. The minimum Gasteiger partial charge on any atom is -0.461 e. The van der Waals surface area contributed by atoms with Gasteiger partial charge in [0.1, 0.15) is 17.7 Å². The molecule has 0 spiro atoms. The fourth-order valence-electron chi connectivity index (χ4n) is 4.80. The first-order chi connectivity index (χ1) is 19.8. The third-order valence-corrected chi connectivity index (χ3v) is 8.99. The average Bonchev–Trinajstić information content (AvgIpc) is 3.50. The van der Waals surface area contributed by atoms with Crippen LogP contribution in [-0.2, 0) is 39.8 Å². The number of nitrogens with one attached hydrogen (secondary N) is 1. The Morgan fingerprint density at radius 2 is 1.68 bits per heavy atom. The number of esters is 2. The monoisotopic (exact) mass is 592 g/mol. The molecule has 0 radical (unpaired) electrons. The number of rotatable bonds is 10. The van der Waals surface area contributed by atoms with Gasteiger partial charge in [0.05, 0.1) is 6.42 Å². The van der Waals surface area contributed by atoms with Crippen LogP contribution in [0.2, 0.25) is 0 Å². The molecule has 2 amide bonds. The van der Waals surface area contributed by atoms with Crippen LogP contribution in [0.25, 0.3) is 0 Å². The SMILES string of the molecule is CO[C@@]1(NC(=O)Cc2cccs2)C(=O)N2C(C(=O)OC(c3ccccc3)c3ccccc3)=C(COC(C)=O)CS[C@@H]21. The Kier molecular flexibility index (Phi) is 8.57. The molecule has 0 unspecified atom stereocenters. The van der Waals surface area contributed by atoms with Gasteiger partial charge in [-0.25, -0.2) is 4.79 Å². The van der Waals surface area contributed by atoms with Crippen molar-refractivity contribution in [2.24, 2.45) is 0 Å². The fourth-order valence-corrected chi connectivity index (χ4v) is 6.92. The molecule has 2 aliphatic heterocycles. The summed E-state index contributed by atoms with van der Waals surface area (Å²) in [5.41, 5.74) is 0.248. The smallest absolute Gasteiger partial charge is 0.356 e. The number of nitrogens with zero attached hydrogens (tertiary/aromatic N) is 1. The van der Waals surface area contributed by atoms with Gasteiger partial charge in [0, 0.05) is 30.2 Å². The van der Waals surface area contributed by atoms with E-state index in [1.54, 1.807) is 0 Å². The quantitative estimate of drug-likeness (QED) is 0.215. The lowest BCUT2D eigenvalue weighted by molar-refractivity contribution is -0.193. The van der Waals surface area contributed by atoms with Crippen LogP contribution in [-0.4, -0.2) is 59.2 Å². The maximum Gasteiger partial charge on any atom is 0.356 e. The van der Waals surface area contributed by atoms with Gasteiger partial charge in [-0.3, -0.25) is 19.3 Å². The number of hydrogen-bond donors (Lipinski definition) is 1. The fraction of sp³-hybridized carbons (Fsp3) is 0.267. The number of ether oxygens (including phenoxy) is 3. The van der Waals surface area contributed by atoms with Gasteiger partial charge in [0.15, 0.2) is 6.10 Å². The van der Waals surface area contributed by atoms with Crippen LogP contribution in [0, 0.1) is 0 Å². The lowest BCUT2D eigenvalue weighted by atomic mass is 9.97. The van der Waals surface area contributed by atoms with E-state index in [4.69, 9.17) is 14.2 Å². The summed E-state index contributed by atoms with van der Waals surface area (Å²) >= 11 is 2.74. The minimum atomic E-state index is -1.66. The predicted octanol–water partition coefficient (Wildman–Crippen LogP) is 3.81. The van der Waals surface area contributed by atoms with Crippen LogP contribution in [0.3, 0.4) is 0 Å². The second-order valence-corrected chi connectivity index (χ2v) is 11.5. The summed E-state index contributed by atoms with van der Waals surface area (Å²) in [5, 5.41) is 3.89. The number of benzene rings is 2. The van der Waals surface area contributed by atoms with Crippen LogP contribution in [0.1, 0.15) is 29.0 Å². The van der Waals surface area contributed by atoms with Gasteiger partial charge in [-0.2, -0.15) is 0 Å². The number of amides is 2. The van der Waals surface area contributed by atoms with Gasteiger partial charge in [0.2, 0.25) is 5.91 Å². The highest BCUT2D eigenvalue weighted by molar-refractivity contribution is 8.00. The number of hydrogen-bond acceptors (Lipinski definition) is 9. The molecule has 1 aromatic heterocycles. The molecule has 0 aliphatic carbocycles. The molecule has 3 heterocycles. The van der Waals surface area contributed by atoms with E-state index < -0.39 is 35.0 Å². The standard InChI is InChI=1S/C30H28N2O7S2/c1-19(33)38-17-22-18-41-29-30(37-2,31-24(34)16-23-14-9-15-40-23)28(36)32(29)25(22)27(35)39-26(20-10-5-3-6-11-20)21-12-7-4-8-13-21/h3-15,26,29H,16-18H2,1-2H3,(H,31,34)/t29-,30+/m1/s1. The highest BCUT2D eigenvalue weighted by Crippen LogP contribution is 2.47. The van der Waals surface area contributed by atoms with Crippen LogP contribution in [0.5, 0.6) is 0 Å².